The molecular formula is C27H40N4O4S. The fourth-order valence-electron chi connectivity index (χ4n) is 4.60. The third-order valence-electron chi connectivity index (χ3n) is 6.65. The second-order valence-corrected chi connectivity index (χ2v) is 12.9. The fraction of sp³-hybridized carbons (Fsp3) is 0.519. The molecule has 0 spiro atoms. The first-order valence-corrected chi connectivity index (χ1v) is 14.1. The molecule has 1 fully saturated rings. The molecule has 0 radical (unpaired) electrons. The predicted octanol–water partition coefficient (Wildman–Crippen LogP) is 4.30. The highest BCUT2D eigenvalue weighted by Gasteiger charge is 2.29. The highest BCUT2D eigenvalue weighted by molar-refractivity contribution is 7.89. The molecule has 4 N–H and O–H groups in total. The van der Waals surface area contributed by atoms with Crippen LogP contribution in [0.3, 0.4) is 0 Å². The SMILES string of the molecule is C=C(c1cc(-c2coc(CNCC(C)(C)C)c2)cc(C(N)=O)c1NC)C1CCN(S(=O)(=O)CC)CC1. The van der Waals surface area contributed by atoms with Gasteiger partial charge >= 0.3 is 0 Å². The van der Waals surface area contributed by atoms with E-state index in [0.717, 1.165) is 34.6 Å². The number of furan rings is 1. The minimum absolute atomic E-state index is 0.0953. The van der Waals surface area contributed by atoms with E-state index in [-0.39, 0.29) is 17.1 Å². The summed E-state index contributed by atoms with van der Waals surface area (Å²) in [6, 6.07) is 5.75. The van der Waals surface area contributed by atoms with Crippen LogP contribution in [0, 0.1) is 11.3 Å². The first-order valence-electron chi connectivity index (χ1n) is 12.5. The summed E-state index contributed by atoms with van der Waals surface area (Å²) in [6.07, 6.45) is 3.03. The number of carbonyl (C=O) groups is 1. The molecule has 0 bridgehead atoms. The zero-order valence-corrected chi connectivity index (χ0v) is 22.9. The number of benzene rings is 1. The van der Waals surface area contributed by atoms with E-state index in [4.69, 9.17) is 10.2 Å². The Morgan fingerprint density at radius 3 is 2.36 bits per heavy atom. The number of piperidine rings is 1. The second-order valence-electron chi connectivity index (χ2n) is 10.6. The smallest absolute Gasteiger partial charge is 0.250 e. The minimum atomic E-state index is -3.21. The highest BCUT2D eigenvalue weighted by Crippen LogP contribution is 2.39. The lowest BCUT2D eigenvalue weighted by atomic mass is 9.84. The second kappa shape index (κ2) is 11.2. The molecule has 2 aromatic rings. The van der Waals surface area contributed by atoms with Crippen LogP contribution in [0.15, 0.2) is 35.5 Å². The molecule has 1 aromatic heterocycles. The van der Waals surface area contributed by atoms with Gasteiger partial charge in [0.1, 0.15) is 5.76 Å². The normalized spacial score (nSPS) is 15.7. The Morgan fingerprint density at radius 1 is 1.17 bits per heavy atom. The molecule has 36 heavy (non-hydrogen) atoms. The Bertz CT molecular complexity index is 1200. The van der Waals surface area contributed by atoms with Gasteiger partial charge in [-0.3, -0.25) is 4.79 Å². The number of allylic oxidation sites excluding steroid dienone is 1. The van der Waals surface area contributed by atoms with Crippen molar-refractivity contribution in [2.75, 3.05) is 37.8 Å². The number of amides is 1. The van der Waals surface area contributed by atoms with E-state index in [0.29, 0.717) is 43.7 Å². The lowest BCUT2D eigenvalue weighted by Gasteiger charge is -2.32. The van der Waals surface area contributed by atoms with Crippen molar-refractivity contribution in [1.82, 2.24) is 9.62 Å². The van der Waals surface area contributed by atoms with Gasteiger partial charge in [-0.25, -0.2) is 12.7 Å². The number of nitrogens with one attached hydrogen (secondary N) is 2. The van der Waals surface area contributed by atoms with Crippen LogP contribution in [-0.2, 0) is 16.6 Å². The third kappa shape index (κ3) is 6.57. The number of carbonyl (C=O) groups excluding carboxylic acids is 1. The Hall–Kier alpha value is -2.62. The Labute approximate surface area is 215 Å². The van der Waals surface area contributed by atoms with Gasteiger partial charge in [0.2, 0.25) is 10.0 Å². The monoisotopic (exact) mass is 516 g/mol. The number of nitrogens with two attached hydrogens (primary N) is 1. The van der Waals surface area contributed by atoms with Gasteiger partial charge in [0.15, 0.2) is 0 Å². The van der Waals surface area contributed by atoms with Gasteiger partial charge in [0.25, 0.3) is 5.91 Å². The maximum Gasteiger partial charge on any atom is 0.250 e. The van der Waals surface area contributed by atoms with Crippen LogP contribution in [0.1, 0.15) is 62.2 Å². The van der Waals surface area contributed by atoms with E-state index in [9.17, 15) is 13.2 Å². The quantitative estimate of drug-likeness (QED) is 0.433. The standard InChI is InChI=1S/C27H40N4O4S/c1-7-36(33,34)31-10-8-19(9-11-31)18(2)23-13-20(14-24(26(28)32)25(23)29-6)21-12-22(35-16-21)15-30-17-27(3,4)5/h12-14,16,19,29-30H,2,7-11,15,17H2,1,3-6H3,(H2,28,32). The number of anilines is 1. The van der Waals surface area contributed by atoms with E-state index < -0.39 is 15.9 Å². The average Bonchev–Trinajstić information content (AvgIpc) is 3.30. The molecule has 198 valence electrons. The van der Waals surface area contributed by atoms with Gasteiger partial charge in [0.05, 0.1) is 29.8 Å². The Balaban J connectivity index is 1.89. The Morgan fingerprint density at radius 2 is 1.81 bits per heavy atom. The minimum Gasteiger partial charge on any atom is -0.467 e. The molecule has 3 rings (SSSR count). The largest absolute Gasteiger partial charge is 0.467 e. The zero-order valence-electron chi connectivity index (χ0n) is 22.1. The maximum absolute atomic E-state index is 12.4. The molecule has 2 heterocycles. The van der Waals surface area contributed by atoms with Crippen LogP contribution >= 0.6 is 0 Å². The van der Waals surface area contributed by atoms with Crippen LogP contribution in [0.4, 0.5) is 5.69 Å². The number of primary amides is 1. The summed E-state index contributed by atoms with van der Waals surface area (Å²) in [7, 11) is -1.45. The summed E-state index contributed by atoms with van der Waals surface area (Å²) < 4.78 is 31.9. The number of hydrogen-bond donors (Lipinski definition) is 3. The van der Waals surface area contributed by atoms with Crippen molar-refractivity contribution in [3.8, 4) is 11.1 Å². The van der Waals surface area contributed by atoms with Gasteiger partial charge < -0.3 is 20.8 Å². The van der Waals surface area contributed by atoms with Crippen LogP contribution in [0.5, 0.6) is 0 Å². The van der Waals surface area contributed by atoms with Crippen molar-refractivity contribution < 1.29 is 17.6 Å². The number of sulfonamides is 1. The van der Waals surface area contributed by atoms with Crippen molar-refractivity contribution in [3.05, 3.63) is 47.9 Å². The molecule has 1 amide bonds. The summed E-state index contributed by atoms with van der Waals surface area (Å²) in [4.78, 5) is 12.4. The molecular weight excluding hydrogens is 476 g/mol. The van der Waals surface area contributed by atoms with E-state index >= 15 is 0 Å². The van der Waals surface area contributed by atoms with E-state index in [1.54, 1.807) is 30.6 Å². The predicted molar refractivity (Wildman–Crippen MR) is 146 cm³/mol. The van der Waals surface area contributed by atoms with Gasteiger partial charge in [0, 0.05) is 37.8 Å². The van der Waals surface area contributed by atoms with E-state index in [2.05, 4.69) is 38.0 Å². The molecule has 0 unspecified atom stereocenters. The van der Waals surface area contributed by atoms with Crippen molar-refractivity contribution in [3.63, 3.8) is 0 Å². The Kier molecular flexibility index (Phi) is 8.69. The van der Waals surface area contributed by atoms with Gasteiger partial charge in [-0.15, -0.1) is 0 Å². The zero-order chi connectivity index (χ0) is 26.7. The molecule has 1 aromatic carbocycles. The van der Waals surface area contributed by atoms with Crippen LogP contribution in [-0.4, -0.2) is 51.1 Å². The molecule has 1 saturated heterocycles. The van der Waals surface area contributed by atoms with Crippen LogP contribution < -0.4 is 16.4 Å². The highest BCUT2D eigenvalue weighted by atomic mass is 32.2. The number of hydrogen-bond acceptors (Lipinski definition) is 6. The van der Waals surface area contributed by atoms with Crippen molar-refractivity contribution in [2.45, 2.75) is 47.1 Å². The van der Waals surface area contributed by atoms with Crippen LogP contribution in [0.25, 0.3) is 16.7 Å². The molecule has 1 aliphatic rings. The molecule has 1 aliphatic heterocycles. The van der Waals surface area contributed by atoms with Crippen molar-refractivity contribution in [2.24, 2.45) is 17.1 Å². The summed E-state index contributed by atoms with van der Waals surface area (Å²) in [5, 5.41) is 6.54. The van der Waals surface area contributed by atoms with Crippen LogP contribution in [0.2, 0.25) is 0 Å². The number of nitrogens with zero attached hydrogens (tertiary/aromatic N) is 1. The van der Waals surface area contributed by atoms with Crippen molar-refractivity contribution >= 4 is 27.2 Å². The van der Waals surface area contributed by atoms with Gasteiger partial charge in [-0.2, -0.15) is 0 Å². The third-order valence-corrected chi connectivity index (χ3v) is 8.53. The average molecular weight is 517 g/mol. The summed E-state index contributed by atoms with van der Waals surface area (Å²) in [5.74, 6) is 0.468. The molecule has 9 heteroatoms. The number of rotatable bonds is 10. The molecule has 0 atom stereocenters. The molecule has 0 saturated carbocycles. The first kappa shape index (κ1) is 28.0. The summed E-state index contributed by atoms with van der Waals surface area (Å²) in [6.45, 7) is 14.9. The molecule has 8 nitrogen and oxygen atoms in total. The topological polar surface area (TPSA) is 118 Å². The molecule has 0 aliphatic carbocycles. The summed E-state index contributed by atoms with van der Waals surface area (Å²) >= 11 is 0. The van der Waals surface area contributed by atoms with Gasteiger partial charge in [-0.05, 0) is 60.4 Å². The van der Waals surface area contributed by atoms with E-state index in [1.165, 1.54) is 0 Å². The lowest BCUT2D eigenvalue weighted by molar-refractivity contribution is 0.100. The van der Waals surface area contributed by atoms with Crippen molar-refractivity contribution in [1.29, 1.82) is 0 Å². The van der Waals surface area contributed by atoms with Gasteiger partial charge in [-0.1, -0.05) is 27.4 Å². The first-order chi connectivity index (χ1) is 16.9. The fourth-order valence-corrected chi connectivity index (χ4v) is 5.73. The maximum atomic E-state index is 12.4. The summed E-state index contributed by atoms with van der Waals surface area (Å²) in [5.41, 5.74) is 10.3. The lowest BCUT2D eigenvalue weighted by Crippen LogP contribution is -2.39. The van der Waals surface area contributed by atoms with E-state index in [1.807, 2.05) is 12.1 Å².